The molecule has 0 saturated carbocycles. The van der Waals surface area contributed by atoms with E-state index in [1.807, 2.05) is 57.1 Å². The maximum absolute atomic E-state index is 9.59. The Balaban J connectivity index is 2.41. The van der Waals surface area contributed by atoms with E-state index in [0.717, 1.165) is 27.9 Å². The minimum atomic E-state index is 0.250. The van der Waals surface area contributed by atoms with Crippen LogP contribution >= 0.6 is 0 Å². The van der Waals surface area contributed by atoms with Crippen LogP contribution in [-0.4, -0.2) is 24.9 Å². The summed E-state index contributed by atoms with van der Waals surface area (Å²) in [5.74, 6) is 0.250. The van der Waals surface area contributed by atoms with E-state index in [4.69, 9.17) is 5.41 Å². The van der Waals surface area contributed by atoms with Crippen LogP contribution in [0.5, 0.6) is 5.75 Å². The summed E-state index contributed by atoms with van der Waals surface area (Å²) in [6, 6.07) is 11.3. The number of aryl methyl sites for hydroxylation is 2. The van der Waals surface area contributed by atoms with Crippen LogP contribution in [0.1, 0.15) is 22.3 Å². The van der Waals surface area contributed by atoms with E-state index in [9.17, 15) is 5.11 Å². The Morgan fingerprint density at radius 2 is 1.50 bits per heavy atom. The number of anilines is 1. The Bertz CT molecular complexity index is 620. The van der Waals surface area contributed by atoms with Crippen molar-refractivity contribution in [3.05, 3.63) is 58.7 Å². The number of rotatable bonds is 3. The highest BCUT2D eigenvalue weighted by atomic mass is 16.3. The van der Waals surface area contributed by atoms with Gasteiger partial charge in [0, 0.05) is 30.9 Å². The third kappa shape index (κ3) is 2.67. The lowest BCUT2D eigenvalue weighted by atomic mass is 9.94. The number of benzene rings is 2. The van der Waals surface area contributed by atoms with Gasteiger partial charge in [-0.15, -0.1) is 0 Å². The second-order valence-electron chi connectivity index (χ2n) is 5.27. The first-order valence-electron chi connectivity index (χ1n) is 6.57. The van der Waals surface area contributed by atoms with Gasteiger partial charge in [-0.3, -0.25) is 5.41 Å². The second-order valence-corrected chi connectivity index (χ2v) is 5.27. The molecule has 0 saturated heterocycles. The molecule has 0 fully saturated rings. The Morgan fingerprint density at radius 1 is 1.00 bits per heavy atom. The summed E-state index contributed by atoms with van der Waals surface area (Å²) >= 11 is 0. The minimum Gasteiger partial charge on any atom is -0.508 e. The van der Waals surface area contributed by atoms with Gasteiger partial charge in [0.2, 0.25) is 0 Å². The molecule has 2 aromatic rings. The standard InChI is InChI=1S/C17H20N2O/c1-11-9-15(20)10-12(2)16(11)17(18)13-5-7-14(8-6-13)19(3)4/h5-10,18,20H,1-4H3. The van der Waals surface area contributed by atoms with Gasteiger partial charge in [0.05, 0.1) is 5.71 Å². The zero-order chi connectivity index (χ0) is 14.9. The summed E-state index contributed by atoms with van der Waals surface area (Å²) in [7, 11) is 3.99. The molecule has 0 spiro atoms. The maximum Gasteiger partial charge on any atom is 0.116 e. The molecule has 3 nitrogen and oxygen atoms in total. The van der Waals surface area contributed by atoms with Crippen LogP contribution in [0.4, 0.5) is 5.69 Å². The Morgan fingerprint density at radius 3 is 1.95 bits per heavy atom. The topological polar surface area (TPSA) is 47.3 Å². The minimum absolute atomic E-state index is 0.250. The van der Waals surface area contributed by atoms with Crippen LogP contribution < -0.4 is 4.90 Å². The van der Waals surface area contributed by atoms with Crippen molar-refractivity contribution in [2.45, 2.75) is 13.8 Å². The number of hydrogen-bond acceptors (Lipinski definition) is 3. The predicted octanol–water partition coefficient (Wildman–Crippen LogP) is 3.49. The van der Waals surface area contributed by atoms with E-state index < -0.39 is 0 Å². The smallest absolute Gasteiger partial charge is 0.116 e. The van der Waals surface area contributed by atoms with Crippen molar-refractivity contribution >= 4 is 11.4 Å². The molecular formula is C17H20N2O. The highest BCUT2D eigenvalue weighted by molar-refractivity contribution is 6.12. The van der Waals surface area contributed by atoms with Crippen LogP contribution in [0.2, 0.25) is 0 Å². The van der Waals surface area contributed by atoms with Gasteiger partial charge in [0.15, 0.2) is 0 Å². The molecule has 104 valence electrons. The van der Waals surface area contributed by atoms with Gasteiger partial charge in [-0.25, -0.2) is 0 Å². The summed E-state index contributed by atoms with van der Waals surface area (Å²) in [5, 5.41) is 18.0. The quantitative estimate of drug-likeness (QED) is 0.837. The van der Waals surface area contributed by atoms with Crippen LogP contribution in [0.25, 0.3) is 0 Å². The van der Waals surface area contributed by atoms with Crippen molar-refractivity contribution in [3.8, 4) is 5.75 Å². The van der Waals surface area contributed by atoms with Crippen molar-refractivity contribution in [2.75, 3.05) is 19.0 Å². The van der Waals surface area contributed by atoms with E-state index in [1.54, 1.807) is 12.1 Å². The van der Waals surface area contributed by atoms with Gasteiger partial charge in [-0.1, -0.05) is 12.1 Å². The van der Waals surface area contributed by atoms with Gasteiger partial charge in [-0.2, -0.15) is 0 Å². The molecule has 0 radical (unpaired) electrons. The molecule has 0 aliphatic heterocycles. The Kier molecular flexibility index (Phi) is 3.79. The van der Waals surface area contributed by atoms with Crippen molar-refractivity contribution < 1.29 is 5.11 Å². The van der Waals surface area contributed by atoms with E-state index >= 15 is 0 Å². The molecule has 2 aromatic carbocycles. The molecule has 3 heteroatoms. The first kappa shape index (κ1) is 14.1. The first-order chi connectivity index (χ1) is 9.40. The molecular weight excluding hydrogens is 248 g/mol. The first-order valence-corrected chi connectivity index (χ1v) is 6.57. The van der Waals surface area contributed by atoms with Crippen molar-refractivity contribution in [1.29, 1.82) is 5.41 Å². The Hall–Kier alpha value is -2.29. The molecule has 0 amide bonds. The SMILES string of the molecule is Cc1cc(O)cc(C)c1C(=N)c1ccc(N(C)C)cc1. The summed E-state index contributed by atoms with van der Waals surface area (Å²) in [4.78, 5) is 2.03. The third-order valence-electron chi connectivity index (χ3n) is 3.44. The number of nitrogens with zero attached hydrogens (tertiary/aromatic N) is 1. The van der Waals surface area contributed by atoms with Crippen LogP contribution in [-0.2, 0) is 0 Å². The normalized spacial score (nSPS) is 10.4. The lowest BCUT2D eigenvalue weighted by molar-refractivity contribution is 0.474. The van der Waals surface area contributed by atoms with Crippen LogP contribution in [0, 0.1) is 19.3 Å². The molecule has 20 heavy (non-hydrogen) atoms. The largest absolute Gasteiger partial charge is 0.508 e. The zero-order valence-corrected chi connectivity index (χ0v) is 12.4. The molecule has 0 unspecified atom stereocenters. The fourth-order valence-corrected chi connectivity index (χ4v) is 2.41. The molecule has 2 rings (SSSR count). The lowest BCUT2D eigenvalue weighted by Gasteiger charge is -2.15. The van der Waals surface area contributed by atoms with Gasteiger partial charge in [-0.05, 0) is 49.2 Å². The maximum atomic E-state index is 9.59. The second kappa shape index (κ2) is 5.37. The zero-order valence-electron chi connectivity index (χ0n) is 12.4. The predicted molar refractivity (Wildman–Crippen MR) is 84.3 cm³/mol. The number of phenolic OH excluding ortho intramolecular Hbond substituents is 1. The summed E-state index contributed by atoms with van der Waals surface area (Å²) in [6.07, 6.45) is 0. The molecule has 0 bridgehead atoms. The van der Waals surface area contributed by atoms with Crippen LogP contribution in [0.15, 0.2) is 36.4 Å². The Labute approximate surface area is 120 Å². The highest BCUT2D eigenvalue weighted by Gasteiger charge is 2.12. The van der Waals surface area contributed by atoms with Gasteiger partial charge >= 0.3 is 0 Å². The van der Waals surface area contributed by atoms with E-state index in [-0.39, 0.29) is 5.75 Å². The molecule has 0 atom stereocenters. The van der Waals surface area contributed by atoms with Gasteiger partial charge in [0.25, 0.3) is 0 Å². The van der Waals surface area contributed by atoms with E-state index in [0.29, 0.717) is 5.71 Å². The van der Waals surface area contributed by atoms with E-state index in [2.05, 4.69) is 0 Å². The van der Waals surface area contributed by atoms with Crippen molar-refractivity contribution in [2.24, 2.45) is 0 Å². The summed E-state index contributed by atoms with van der Waals surface area (Å²) < 4.78 is 0. The van der Waals surface area contributed by atoms with E-state index in [1.165, 1.54) is 0 Å². The molecule has 0 aliphatic rings. The number of aromatic hydroxyl groups is 1. The number of nitrogens with one attached hydrogen (secondary N) is 1. The van der Waals surface area contributed by atoms with Gasteiger partial charge < -0.3 is 10.0 Å². The number of phenols is 1. The van der Waals surface area contributed by atoms with Gasteiger partial charge in [0.1, 0.15) is 5.75 Å². The average molecular weight is 268 g/mol. The highest BCUT2D eigenvalue weighted by Crippen LogP contribution is 2.24. The molecule has 0 aromatic heterocycles. The number of hydrogen-bond donors (Lipinski definition) is 2. The molecule has 0 aliphatic carbocycles. The van der Waals surface area contributed by atoms with Crippen molar-refractivity contribution in [3.63, 3.8) is 0 Å². The summed E-state index contributed by atoms with van der Waals surface area (Å²) in [6.45, 7) is 3.84. The monoisotopic (exact) mass is 268 g/mol. The fraction of sp³-hybridized carbons (Fsp3) is 0.235. The summed E-state index contributed by atoms with van der Waals surface area (Å²) in [5.41, 5.74) is 5.22. The lowest BCUT2D eigenvalue weighted by Crippen LogP contribution is -2.10. The average Bonchev–Trinajstić information content (AvgIpc) is 2.37. The molecule has 0 heterocycles. The fourth-order valence-electron chi connectivity index (χ4n) is 2.41. The van der Waals surface area contributed by atoms with Crippen molar-refractivity contribution in [1.82, 2.24) is 0 Å². The van der Waals surface area contributed by atoms with Crippen LogP contribution in [0.3, 0.4) is 0 Å². The molecule has 2 N–H and O–H groups in total. The third-order valence-corrected chi connectivity index (χ3v) is 3.44.